The van der Waals surface area contributed by atoms with E-state index < -0.39 is 12.1 Å². The van der Waals surface area contributed by atoms with Crippen LogP contribution in [0.3, 0.4) is 0 Å². The van der Waals surface area contributed by atoms with Crippen molar-refractivity contribution < 1.29 is 22.7 Å². The summed E-state index contributed by atoms with van der Waals surface area (Å²) in [7, 11) is 0. The van der Waals surface area contributed by atoms with Gasteiger partial charge in [0.2, 0.25) is 0 Å². The Balaban J connectivity index is 3.01. The number of carbonyl (C=O) groups is 1. The van der Waals surface area contributed by atoms with E-state index in [0.29, 0.717) is 6.29 Å². The van der Waals surface area contributed by atoms with Crippen LogP contribution in [0.4, 0.5) is 13.2 Å². The van der Waals surface area contributed by atoms with Gasteiger partial charge in [0, 0.05) is 6.07 Å². The van der Waals surface area contributed by atoms with Gasteiger partial charge in [0.1, 0.15) is 10.7 Å². The normalized spacial score (nSPS) is 11.1. The molecule has 0 bridgehead atoms. The van der Waals surface area contributed by atoms with E-state index >= 15 is 0 Å². The highest BCUT2D eigenvalue weighted by molar-refractivity contribution is 6.31. The molecular weight excluding hydrogens is 223 g/mol. The second kappa shape index (κ2) is 3.83. The molecule has 7 heteroatoms. The monoisotopic (exact) mass is 225 g/mol. The van der Waals surface area contributed by atoms with Gasteiger partial charge in [-0.25, -0.2) is 0 Å². The van der Waals surface area contributed by atoms with Crippen LogP contribution >= 0.6 is 11.6 Å². The first-order chi connectivity index (χ1) is 6.42. The first-order valence-corrected chi connectivity index (χ1v) is 3.66. The number of nitrogens with zero attached hydrogens (tertiary/aromatic N) is 1. The maximum absolute atomic E-state index is 11.8. The summed E-state index contributed by atoms with van der Waals surface area (Å²) < 4.78 is 38.8. The van der Waals surface area contributed by atoms with Crippen LogP contribution in [0.1, 0.15) is 10.5 Å². The number of hydrogen-bond donors (Lipinski definition) is 0. The molecule has 0 amide bonds. The van der Waals surface area contributed by atoms with Gasteiger partial charge >= 0.3 is 6.36 Å². The van der Waals surface area contributed by atoms with E-state index in [1.807, 2.05) is 0 Å². The zero-order chi connectivity index (χ0) is 10.8. The van der Waals surface area contributed by atoms with Gasteiger partial charge in [-0.05, 0) is 0 Å². The number of carbonyl (C=O) groups excluding carboxylic acids is 1. The Hall–Kier alpha value is -1.30. The standard InChI is InChI=1S/C7H3ClF3NO2/c8-5-2-12-4(3-13)1-6(5)14-7(9,10)11/h1-3H. The van der Waals surface area contributed by atoms with Crippen molar-refractivity contribution >= 4 is 17.9 Å². The molecule has 0 unspecified atom stereocenters. The van der Waals surface area contributed by atoms with Crippen molar-refractivity contribution in [3.63, 3.8) is 0 Å². The van der Waals surface area contributed by atoms with Crippen LogP contribution in [0.5, 0.6) is 5.75 Å². The molecule has 1 heterocycles. The average Bonchev–Trinajstić information content (AvgIpc) is 2.06. The number of hydrogen-bond acceptors (Lipinski definition) is 3. The SMILES string of the molecule is O=Cc1cc(OC(F)(F)F)c(Cl)cn1. The van der Waals surface area contributed by atoms with E-state index in [-0.39, 0.29) is 10.7 Å². The van der Waals surface area contributed by atoms with Crippen LogP contribution in [0.2, 0.25) is 5.02 Å². The summed E-state index contributed by atoms with van der Waals surface area (Å²) in [6, 6.07) is 0.808. The second-order valence-corrected chi connectivity index (χ2v) is 2.61. The van der Waals surface area contributed by atoms with Crippen molar-refractivity contribution in [2.24, 2.45) is 0 Å². The van der Waals surface area contributed by atoms with Crippen LogP contribution in [0.15, 0.2) is 12.3 Å². The van der Waals surface area contributed by atoms with E-state index in [9.17, 15) is 18.0 Å². The number of aldehydes is 1. The van der Waals surface area contributed by atoms with E-state index in [1.165, 1.54) is 0 Å². The van der Waals surface area contributed by atoms with Crippen molar-refractivity contribution in [3.05, 3.63) is 23.0 Å². The summed E-state index contributed by atoms with van der Waals surface area (Å²) in [6.45, 7) is 0. The maximum atomic E-state index is 11.8. The average molecular weight is 226 g/mol. The zero-order valence-electron chi connectivity index (χ0n) is 6.51. The van der Waals surface area contributed by atoms with Crippen molar-refractivity contribution in [1.82, 2.24) is 4.98 Å². The minimum Gasteiger partial charge on any atom is -0.404 e. The Morgan fingerprint density at radius 1 is 1.50 bits per heavy atom. The number of rotatable bonds is 2. The van der Waals surface area contributed by atoms with Crippen LogP contribution < -0.4 is 4.74 Å². The lowest BCUT2D eigenvalue weighted by molar-refractivity contribution is -0.274. The minimum absolute atomic E-state index is 0.186. The van der Waals surface area contributed by atoms with E-state index in [2.05, 4.69) is 9.72 Å². The lowest BCUT2D eigenvalue weighted by Crippen LogP contribution is -2.17. The van der Waals surface area contributed by atoms with Crippen molar-refractivity contribution in [3.8, 4) is 5.75 Å². The fourth-order valence-electron chi connectivity index (χ4n) is 0.703. The Kier molecular flexibility index (Phi) is 2.95. The number of ether oxygens (including phenoxy) is 1. The second-order valence-electron chi connectivity index (χ2n) is 2.21. The Morgan fingerprint density at radius 2 is 2.14 bits per heavy atom. The van der Waals surface area contributed by atoms with Crippen LogP contribution in [-0.2, 0) is 0 Å². The smallest absolute Gasteiger partial charge is 0.404 e. The van der Waals surface area contributed by atoms with Gasteiger partial charge in [0.05, 0.1) is 6.20 Å². The van der Waals surface area contributed by atoms with Gasteiger partial charge < -0.3 is 4.74 Å². The largest absolute Gasteiger partial charge is 0.573 e. The molecule has 76 valence electrons. The Morgan fingerprint density at radius 3 is 2.64 bits per heavy atom. The predicted octanol–water partition coefficient (Wildman–Crippen LogP) is 2.45. The molecule has 14 heavy (non-hydrogen) atoms. The summed E-state index contributed by atoms with van der Waals surface area (Å²) in [5.74, 6) is -0.642. The lowest BCUT2D eigenvalue weighted by atomic mass is 10.3. The van der Waals surface area contributed by atoms with E-state index in [4.69, 9.17) is 11.6 Å². The zero-order valence-corrected chi connectivity index (χ0v) is 7.26. The third kappa shape index (κ3) is 2.88. The molecular formula is C7H3ClF3NO2. The summed E-state index contributed by atoms with van der Waals surface area (Å²) in [4.78, 5) is 13.6. The fourth-order valence-corrected chi connectivity index (χ4v) is 0.845. The van der Waals surface area contributed by atoms with E-state index in [0.717, 1.165) is 12.3 Å². The first kappa shape index (κ1) is 10.8. The highest BCUT2D eigenvalue weighted by Crippen LogP contribution is 2.29. The molecule has 1 aromatic rings. The molecule has 0 fully saturated rings. The van der Waals surface area contributed by atoms with E-state index in [1.54, 1.807) is 0 Å². The molecule has 0 aliphatic rings. The van der Waals surface area contributed by atoms with Crippen LogP contribution in [0.25, 0.3) is 0 Å². The molecule has 0 aliphatic carbocycles. The third-order valence-electron chi connectivity index (χ3n) is 1.19. The van der Waals surface area contributed by atoms with Crippen molar-refractivity contribution in [2.75, 3.05) is 0 Å². The molecule has 0 aliphatic heterocycles. The molecule has 0 atom stereocenters. The lowest BCUT2D eigenvalue weighted by Gasteiger charge is -2.09. The quantitative estimate of drug-likeness (QED) is 0.726. The number of halogens is 4. The van der Waals surface area contributed by atoms with Gasteiger partial charge in [0.15, 0.2) is 12.0 Å². The summed E-state index contributed by atoms with van der Waals surface area (Å²) in [6.07, 6.45) is -3.64. The van der Waals surface area contributed by atoms with Crippen molar-refractivity contribution in [2.45, 2.75) is 6.36 Å². The predicted molar refractivity (Wildman–Crippen MR) is 41.3 cm³/mol. The van der Waals surface area contributed by atoms with Crippen molar-refractivity contribution in [1.29, 1.82) is 0 Å². The van der Waals surface area contributed by atoms with Crippen LogP contribution in [-0.4, -0.2) is 17.6 Å². The minimum atomic E-state index is -4.84. The van der Waals surface area contributed by atoms with Gasteiger partial charge in [0.25, 0.3) is 0 Å². The fraction of sp³-hybridized carbons (Fsp3) is 0.143. The summed E-state index contributed by atoms with van der Waals surface area (Å²) in [5, 5.41) is -0.312. The molecule has 0 saturated heterocycles. The van der Waals surface area contributed by atoms with Crippen LogP contribution in [0, 0.1) is 0 Å². The molecule has 0 N–H and O–H groups in total. The summed E-state index contributed by atoms with van der Waals surface area (Å²) in [5.41, 5.74) is -0.186. The Labute approximate surface area is 81.5 Å². The molecule has 0 aromatic carbocycles. The number of alkyl halides is 3. The molecule has 0 spiro atoms. The van der Waals surface area contributed by atoms with Gasteiger partial charge in [-0.1, -0.05) is 11.6 Å². The van der Waals surface area contributed by atoms with Gasteiger partial charge in [-0.2, -0.15) is 0 Å². The molecule has 1 rings (SSSR count). The number of pyridine rings is 1. The maximum Gasteiger partial charge on any atom is 0.573 e. The van der Waals surface area contributed by atoms with Gasteiger partial charge in [-0.15, -0.1) is 13.2 Å². The highest BCUT2D eigenvalue weighted by atomic mass is 35.5. The Bertz CT molecular complexity index is 353. The number of aromatic nitrogens is 1. The topological polar surface area (TPSA) is 39.2 Å². The summed E-state index contributed by atoms with van der Waals surface area (Å²) >= 11 is 5.36. The molecule has 0 radical (unpaired) electrons. The van der Waals surface area contributed by atoms with Gasteiger partial charge in [-0.3, -0.25) is 9.78 Å². The third-order valence-corrected chi connectivity index (χ3v) is 1.47. The highest BCUT2D eigenvalue weighted by Gasteiger charge is 2.32. The first-order valence-electron chi connectivity index (χ1n) is 3.29. The molecule has 1 aromatic heterocycles. The molecule has 3 nitrogen and oxygen atoms in total. The molecule has 0 saturated carbocycles.